The Bertz CT molecular complexity index is 366. The molecule has 0 aromatic carbocycles. The molecule has 5 nitrogen and oxygen atoms in total. The Labute approximate surface area is 96.4 Å². The molecule has 0 bridgehead atoms. The molecule has 2 rings (SSSR count). The first-order valence-electron chi connectivity index (χ1n) is 4.82. The van der Waals surface area contributed by atoms with Gasteiger partial charge < -0.3 is 10.6 Å². The van der Waals surface area contributed by atoms with Crippen LogP contribution in [0, 0.1) is 0 Å². The van der Waals surface area contributed by atoms with Crippen molar-refractivity contribution in [3.63, 3.8) is 0 Å². The number of nitrogen functional groups attached to an aromatic ring is 1. The highest BCUT2D eigenvalue weighted by atomic mass is 79.9. The van der Waals surface area contributed by atoms with Gasteiger partial charge >= 0.3 is 0 Å². The number of hydrogen-bond acceptors (Lipinski definition) is 3. The Morgan fingerprint density at radius 1 is 1.80 bits per heavy atom. The topological polar surface area (TPSA) is 64.2 Å². The first kappa shape index (κ1) is 10.5. The largest absolute Gasteiger partial charge is 0.381 e. The number of nitrogens with two attached hydrogens (primary N) is 1. The van der Waals surface area contributed by atoms with E-state index < -0.39 is 0 Å². The van der Waals surface area contributed by atoms with Crippen LogP contribution in [0.1, 0.15) is 12.8 Å². The van der Waals surface area contributed by atoms with Gasteiger partial charge in [0.05, 0.1) is 4.47 Å². The highest BCUT2D eigenvalue weighted by molar-refractivity contribution is 9.10. The Hall–Kier alpha value is -1.04. The van der Waals surface area contributed by atoms with E-state index in [2.05, 4.69) is 21.0 Å². The van der Waals surface area contributed by atoms with Gasteiger partial charge in [0.2, 0.25) is 5.91 Å². The molecule has 1 heterocycles. The second-order valence-electron chi connectivity index (χ2n) is 3.80. The molecule has 1 aromatic heterocycles. The molecule has 2 N–H and O–H groups in total. The molecule has 1 aliphatic rings. The van der Waals surface area contributed by atoms with Crippen LogP contribution in [0.4, 0.5) is 5.82 Å². The van der Waals surface area contributed by atoms with Crippen molar-refractivity contribution in [3.05, 3.63) is 10.7 Å². The lowest BCUT2D eigenvalue weighted by molar-refractivity contribution is -0.131. The summed E-state index contributed by atoms with van der Waals surface area (Å²) in [5.74, 6) is 0.490. The molecular formula is C9H13BrN4O. The maximum atomic E-state index is 11.7. The average molecular weight is 273 g/mol. The minimum atomic E-state index is 0.0764. The van der Waals surface area contributed by atoms with E-state index in [9.17, 15) is 4.79 Å². The second kappa shape index (κ2) is 3.84. The van der Waals surface area contributed by atoms with Crippen molar-refractivity contribution in [2.75, 3.05) is 12.8 Å². The molecule has 0 aliphatic heterocycles. The fraction of sp³-hybridized carbons (Fsp3) is 0.556. The number of amides is 1. The summed E-state index contributed by atoms with van der Waals surface area (Å²) in [5.41, 5.74) is 5.56. The lowest BCUT2D eigenvalue weighted by atomic mass is 10.5. The van der Waals surface area contributed by atoms with E-state index in [1.165, 1.54) is 0 Å². The van der Waals surface area contributed by atoms with Crippen LogP contribution in [0.5, 0.6) is 0 Å². The second-order valence-corrected chi connectivity index (χ2v) is 4.65. The van der Waals surface area contributed by atoms with Crippen LogP contribution in [0.15, 0.2) is 10.7 Å². The third-order valence-electron chi connectivity index (χ3n) is 2.53. The summed E-state index contributed by atoms with van der Waals surface area (Å²) < 4.78 is 2.28. The van der Waals surface area contributed by atoms with Crippen LogP contribution >= 0.6 is 15.9 Å². The van der Waals surface area contributed by atoms with Gasteiger partial charge in [-0.1, -0.05) is 0 Å². The fourth-order valence-electron chi connectivity index (χ4n) is 1.41. The zero-order valence-electron chi connectivity index (χ0n) is 8.48. The van der Waals surface area contributed by atoms with Crippen LogP contribution in [0.2, 0.25) is 0 Å². The van der Waals surface area contributed by atoms with E-state index >= 15 is 0 Å². The minimum absolute atomic E-state index is 0.0764. The smallest absolute Gasteiger partial charge is 0.244 e. The van der Waals surface area contributed by atoms with Crippen LogP contribution in [0.3, 0.4) is 0 Å². The SMILES string of the molecule is CN(C(=O)Cn1cc(Br)c(N)n1)C1CC1. The summed E-state index contributed by atoms with van der Waals surface area (Å²) in [4.78, 5) is 13.5. The number of likely N-dealkylation sites (N-methyl/N-ethyl adjacent to an activating group) is 1. The number of anilines is 1. The van der Waals surface area contributed by atoms with E-state index in [-0.39, 0.29) is 12.5 Å². The van der Waals surface area contributed by atoms with Crippen molar-refractivity contribution < 1.29 is 4.79 Å². The Balaban J connectivity index is 1.98. The summed E-state index contributed by atoms with van der Waals surface area (Å²) in [5, 5.41) is 4.01. The first-order valence-corrected chi connectivity index (χ1v) is 5.61. The average Bonchev–Trinajstić information content (AvgIpc) is 2.95. The van der Waals surface area contributed by atoms with Gasteiger partial charge in [-0.3, -0.25) is 9.48 Å². The molecule has 1 aromatic rings. The monoisotopic (exact) mass is 272 g/mol. The Morgan fingerprint density at radius 3 is 2.93 bits per heavy atom. The molecule has 0 spiro atoms. The summed E-state index contributed by atoms with van der Waals surface area (Å²) in [6, 6.07) is 0.439. The first-order chi connectivity index (χ1) is 7.08. The number of halogens is 1. The van der Waals surface area contributed by atoms with E-state index in [0.717, 1.165) is 17.3 Å². The van der Waals surface area contributed by atoms with E-state index in [1.807, 2.05) is 7.05 Å². The number of carbonyl (C=O) groups excluding carboxylic acids is 1. The van der Waals surface area contributed by atoms with E-state index in [0.29, 0.717) is 11.9 Å². The molecule has 0 saturated heterocycles. The highest BCUT2D eigenvalue weighted by Crippen LogP contribution is 2.25. The number of rotatable bonds is 3. The third-order valence-corrected chi connectivity index (χ3v) is 3.14. The van der Waals surface area contributed by atoms with Crippen molar-refractivity contribution in [3.8, 4) is 0 Å². The van der Waals surface area contributed by atoms with Crippen molar-refractivity contribution in [2.45, 2.75) is 25.4 Å². The number of hydrogen-bond donors (Lipinski definition) is 1. The number of carbonyl (C=O) groups is 1. The molecule has 0 unspecified atom stereocenters. The van der Waals surface area contributed by atoms with Gasteiger partial charge in [-0.05, 0) is 28.8 Å². The summed E-state index contributed by atoms with van der Waals surface area (Å²) in [6.07, 6.45) is 3.95. The van der Waals surface area contributed by atoms with Gasteiger partial charge in [0.25, 0.3) is 0 Å². The van der Waals surface area contributed by atoms with Crippen LogP contribution in [-0.2, 0) is 11.3 Å². The van der Waals surface area contributed by atoms with Gasteiger partial charge in [0, 0.05) is 19.3 Å². The predicted molar refractivity (Wildman–Crippen MR) is 60.1 cm³/mol. The third kappa shape index (κ3) is 2.31. The Kier molecular flexibility index (Phi) is 2.68. The molecule has 1 saturated carbocycles. The zero-order valence-corrected chi connectivity index (χ0v) is 10.1. The molecule has 1 fully saturated rings. The minimum Gasteiger partial charge on any atom is -0.381 e. The number of nitrogens with zero attached hydrogens (tertiary/aromatic N) is 3. The Morgan fingerprint density at radius 2 is 2.47 bits per heavy atom. The summed E-state index contributed by atoms with van der Waals surface area (Å²) in [7, 11) is 1.84. The van der Waals surface area contributed by atoms with Crippen molar-refractivity contribution >= 4 is 27.7 Å². The summed E-state index contributed by atoms with van der Waals surface area (Å²) >= 11 is 3.25. The summed E-state index contributed by atoms with van der Waals surface area (Å²) in [6.45, 7) is 0.253. The van der Waals surface area contributed by atoms with Crippen molar-refractivity contribution in [1.82, 2.24) is 14.7 Å². The fourth-order valence-corrected chi connectivity index (χ4v) is 1.72. The maximum absolute atomic E-state index is 11.7. The standard InChI is InChI=1S/C9H13BrN4O/c1-13(6-2-3-6)8(15)5-14-4-7(10)9(11)12-14/h4,6H,2-3,5H2,1H3,(H2,11,12). The molecule has 1 aliphatic carbocycles. The molecule has 0 atom stereocenters. The van der Waals surface area contributed by atoms with Crippen LogP contribution < -0.4 is 5.73 Å². The normalized spacial score (nSPS) is 15.3. The zero-order chi connectivity index (χ0) is 11.0. The molecule has 82 valence electrons. The van der Waals surface area contributed by atoms with Crippen LogP contribution in [-0.4, -0.2) is 33.7 Å². The predicted octanol–water partition coefficient (Wildman–Crippen LogP) is 0.849. The molecular weight excluding hydrogens is 260 g/mol. The maximum Gasteiger partial charge on any atom is 0.244 e. The van der Waals surface area contributed by atoms with Gasteiger partial charge in [0.15, 0.2) is 5.82 Å². The van der Waals surface area contributed by atoms with Crippen molar-refractivity contribution in [2.24, 2.45) is 0 Å². The van der Waals surface area contributed by atoms with Gasteiger partial charge in [-0.2, -0.15) is 5.10 Å². The van der Waals surface area contributed by atoms with E-state index in [1.54, 1.807) is 15.8 Å². The molecule has 1 amide bonds. The van der Waals surface area contributed by atoms with E-state index in [4.69, 9.17) is 5.73 Å². The van der Waals surface area contributed by atoms with Crippen molar-refractivity contribution in [1.29, 1.82) is 0 Å². The van der Waals surface area contributed by atoms with Gasteiger partial charge in [-0.15, -0.1) is 0 Å². The molecule has 6 heteroatoms. The molecule has 15 heavy (non-hydrogen) atoms. The lowest BCUT2D eigenvalue weighted by Gasteiger charge is -2.15. The van der Waals surface area contributed by atoms with Crippen LogP contribution in [0.25, 0.3) is 0 Å². The lowest BCUT2D eigenvalue weighted by Crippen LogP contribution is -2.32. The quantitative estimate of drug-likeness (QED) is 0.887. The highest BCUT2D eigenvalue weighted by Gasteiger charge is 2.29. The molecule has 0 radical (unpaired) electrons. The van der Waals surface area contributed by atoms with Gasteiger partial charge in [-0.25, -0.2) is 0 Å². The van der Waals surface area contributed by atoms with Gasteiger partial charge in [0.1, 0.15) is 6.54 Å². The number of aromatic nitrogens is 2.